The molecule has 0 bridgehead atoms. The molecule has 0 aliphatic rings. The van der Waals surface area contributed by atoms with Crippen LogP contribution in [0.1, 0.15) is 19.8 Å². The van der Waals surface area contributed by atoms with E-state index in [1.165, 1.54) is 0 Å². The second-order valence-electron chi connectivity index (χ2n) is 2.75. The van der Waals surface area contributed by atoms with E-state index in [-0.39, 0.29) is 12.4 Å². The van der Waals surface area contributed by atoms with Crippen LogP contribution in [0.15, 0.2) is 12.3 Å². The molecular formula is C8H19ClN2. The molecule has 0 saturated heterocycles. The predicted molar refractivity (Wildman–Crippen MR) is 53.0 cm³/mol. The lowest BCUT2D eigenvalue weighted by Crippen LogP contribution is -2.17. The van der Waals surface area contributed by atoms with Gasteiger partial charge in [0.1, 0.15) is 0 Å². The van der Waals surface area contributed by atoms with Gasteiger partial charge in [0.15, 0.2) is 0 Å². The summed E-state index contributed by atoms with van der Waals surface area (Å²) in [5.74, 6) is 0. The molecule has 68 valence electrons. The van der Waals surface area contributed by atoms with Gasteiger partial charge >= 0.3 is 0 Å². The second-order valence-corrected chi connectivity index (χ2v) is 2.75. The molecule has 0 rings (SSSR count). The Morgan fingerprint density at radius 2 is 2.00 bits per heavy atom. The highest BCUT2D eigenvalue weighted by Crippen LogP contribution is 1.94. The van der Waals surface area contributed by atoms with Gasteiger partial charge in [-0.15, -0.1) is 12.4 Å². The van der Waals surface area contributed by atoms with Crippen LogP contribution in [0.2, 0.25) is 0 Å². The van der Waals surface area contributed by atoms with Crippen molar-refractivity contribution in [3.8, 4) is 0 Å². The molecule has 11 heavy (non-hydrogen) atoms. The monoisotopic (exact) mass is 178 g/mol. The van der Waals surface area contributed by atoms with Gasteiger partial charge in [0, 0.05) is 20.1 Å². The molecule has 2 N–H and O–H groups in total. The Morgan fingerprint density at radius 1 is 1.45 bits per heavy atom. The third kappa shape index (κ3) is 9.79. The zero-order chi connectivity index (χ0) is 7.98. The van der Waals surface area contributed by atoms with Crippen molar-refractivity contribution in [2.75, 3.05) is 14.1 Å². The minimum absolute atomic E-state index is 0. The van der Waals surface area contributed by atoms with Gasteiger partial charge in [0.2, 0.25) is 0 Å². The summed E-state index contributed by atoms with van der Waals surface area (Å²) in [6, 6.07) is 0.330. The van der Waals surface area contributed by atoms with Crippen LogP contribution in [-0.4, -0.2) is 25.0 Å². The fourth-order valence-electron chi connectivity index (χ4n) is 0.613. The molecule has 0 spiro atoms. The molecule has 0 fully saturated rings. The van der Waals surface area contributed by atoms with E-state index in [9.17, 15) is 0 Å². The van der Waals surface area contributed by atoms with E-state index < -0.39 is 0 Å². The standard InChI is InChI=1S/C8H18N2.ClH/c1-4-8(9)6-5-7-10(2)3;/h5,7-8H,4,6,9H2,1-3H3;1H/b7-5+;. The molecule has 2 nitrogen and oxygen atoms in total. The fourth-order valence-corrected chi connectivity index (χ4v) is 0.613. The molecule has 3 heteroatoms. The maximum absolute atomic E-state index is 5.69. The van der Waals surface area contributed by atoms with E-state index in [1.54, 1.807) is 0 Å². The Morgan fingerprint density at radius 3 is 2.36 bits per heavy atom. The van der Waals surface area contributed by atoms with Crippen LogP contribution in [0.5, 0.6) is 0 Å². The molecule has 0 amide bonds. The first kappa shape index (κ1) is 13.4. The maximum Gasteiger partial charge on any atom is 0.00714 e. The average molecular weight is 179 g/mol. The van der Waals surface area contributed by atoms with Crippen molar-refractivity contribution < 1.29 is 0 Å². The Hall–Kier alpha value is -0.210. The van der Waals surface area contributed by atoms with Gasteiger partial charge in [-0.1, -0.05) is 13.0 Å². The lowest BCUT2D eigenvalue weighted by atomic mass is 10.2. The Kier molecular flexibility index (Phi) is 9.60. The van der Waals surface area contributed by atoms with E-state index in [1.807, 2.05) is 25.2 Å². The van der Waals surface area contributed by atoms with Gasteiger partial charge in [-0.05, 0) is 19.0 Å². The number of hydrogen-bond acceptors (Lipinski definition) is 2. The van der Waals surface area contributed by atoms with Crippen molar-refractivity contribution in [2.45, 2.75) is 25.8 Å². The summed E-state index contributed by atoms with van der Waals surface area (Å²) in [4.78, 5) is 2.02. The van der Waals surface area contributed by atoms with E-state index >= 15 is 0 Å². The van der Waals surface area contributed by atoms with Crippen molar-refractivity contribution in [3.05, 3.63) is 12.3 Å². The van der Waals surface area contributed by atoms with Crippen LogP contribution in [0, 0.1) is 0 Å². The summed E-state index contributed by atoms with van der Waals surface area (Å²) in [7, 11) is 4.02. The lowest BCUT2D eigenvalue weighted by molar-refractivity contribution is 0.556. The summed E-state index contributed by atoms with van der Waals surface area (Å²) in [6.07, 6.45) is 6.18. The van der Waals surface area contributed by atoms with Crippen molar-refractivity contribution >= 4 is 12.4 Å². The van der Waals surface area contributed by atoms with E-state index in [4.69, 9.17) is 5.73 Å². The predicted octanol–water partition coefficient (Wildman–Crippen LogP) is 1.61. The molecule has 0 aromatic heterocycles. The normalized spacial score (nSPS) is 12.7. The highest BCUT2D eigenvalue weighted by atomic mass is 35.5. The Balaban J connectivity index is 0. The van der Waals surface area contributed by atoms with E-state index in [2.05, 4.69) is 13.0 Å². The van der Waals surface area contributed by atoms with Gasteiger partial charge < -0.3 is 10.6 Å². The maximum atomic E-state index is 5.69. The first-order valence-electron chi connectivity index (χ1n) is 3.75. The first-order valence-corrected chi connectivity index (χ1v) is 3.75. The zero-order valence-corrected chi connectivity index (χ0v) is 8.40. The van der Waals surface area contributed by atoms with Crippen LogP contribution in [-0.2, 0) is 0 Å². The third-order valence-corrected chi connectivity index (χ3v) is 1.37. The molecule has 0 heterocycles. The third-order valence-electron chi connectivity index (χ3n) is 1.37. The summed E-state index contributed by atoms with van der Waals surface area (Å²) < 4.78 is 0. The molecule has 0 aromatic rings. The summed E-state index contributed by atoms with van der Waals surface area (Å²) >= 11 is 0. The molecule has 1 unspecified atom stereocenters. The molecule has 1 atom stereocenters. The smallest absolute Gasteiger partial charge is 0.00714 e. The van der Waals surface area contributed by atoms with Crippen LogP contribution < -0.4 is 5.73 Å². The van der Waals surface area contributed by atoms with Gasteiger partial charge in [-0.3, -0.25) is 0 Å². The van der Waals surface area contributed by atoms with E-state index in [0.29, 0.717) is 6.04 Å². The van der Waals surface area contributed by atoms with Gasteiger partial charge in [-0.2, -0.15) is 0 Å². The number of nitrogens with two attached hydrogens (primary N) is 1. The number of hydrogen-bond donors (Lipinski definition) is 1. The minimum atomic E-state index is 0. The van der Waals surface area contributed by atoms with Crippen LogP contribution in [0.3, 0.4) is 0 Å². The largest absolute Gasteiger partial charge is 0.384 e. The van der Waals surface area contributed by atoms with Crippen molar-refractivity contribution in [1.82, 2.24) is 4.90 Å². The molecule has 0 aromatic carbocycles. The van der Waals surface area contributed by atoms with Crippen molar-refractivity contribution in [2.24, 2.45) is 5.73 Å². The van der Waals surface area contributed by atoms with Gasteiger partial charge in [0.25, 0.3) is 0 Å². The average Bonchev–Trinajstić information content (AvgIpc) is 1.87. The Bertz CT molecular complexity index is 102. The number of nitrogens with zero attached hydrogens (tertiary/aromatic N) is 1. The number of rotatable bonds is 4. The fraction of sp³-hybridized carbons (Fsp3) is 0.750. The van der Waals surface area contributed by atoms with E-state index in [0.717, 1.165) is 12.8 Å². The Labute approximate surface area is 75.9 Å². The summed E-state index contributed by atoms with van der Waals surface area (Å²) in [5, 5.41) is 0. The minimum Gasteiger partial charge on any atom is -0.384 e. The zero-order valence-electron chi connectivity index (χ0n) is 7.58. The molecule has 0 aliphatic heterocycles. The van der Waals surface area contributed by atoms with Crippen LogP contribution >= 0.6 is 12.4 Å². The van der Waals surface area contributed by atoms with Crippen LogP contribution in [0.25, 0.3) is 0 Å². The van der Waals surface area contributed by atoms with Crippen molar-refractivity contribution in [1.29, 1.82) is 0 Å². The van der Waals surface area contributed by atoms with Crippen LogP contribution in [0.4, 0.5) is 0 Å². The second kappa shape index (κ2) is 7.89. The van der Waals surface area contributed by atoms with Gasteiger partial charge in [-0.25, -0.2) is 0 Å². The summed E-state index contributed by atoms with van der Waals surface area (Å²) in [5.41, 5.74) is 5.69. The lowest BCUT2D eigenvalue weighted by Gasteiger charge is -2.06. The molecule has 0 radical (unpaired) electrons. The molecule has 0 saturated carbocycles. The topological polar surface area (TPSA) is 29.3 Å². The molecular weight excluding hydrogens is 160 g/mol. The van der Waals surface area contributed by atoms with Gasteiger partial charge in [0.05, 0.1) is 0 Å². The SMILES string of the molecule is CCC(N)C/C=C/N(C)C.Cl. The van der Waals surface area contributed by atoms with Crippen molar-refractivity contribution in [3.63, 3.8) is 0 Å². The number of halogens is 1. The quantitative estimate of drug-likeness (QED) is 0.709. The highest BCUT2D eigenvalue weighted by molar-refractivity contribution is 5.85. The first-order chi connectivity index (χ1) is 4.66. The highest BCUT2D eigenvalue weighted by Gasteiger charge is 1.92. The summed E-state index contributed by atoms with van der Waals surface area (Å²) in [6.45, 7) is 2.11. The molecule has 0 aliphatic carbocycles.